The summed E-state index contributed by atoms with van der Waals surface area (Å²) in [6.45, 7) is 6.59. The summed E-state index contributed by atoms with van der Waals surface area (Å²) in [6.07, 6.45) is 5.22. The van der Waals surface area contributed by atoms with Gasteiger partial charge in [0.2, 0.25) is 0 Å². The molecule has 1 atom stereocenters. The Balaban J connectivity index is 2.22. The summed E-state index contributed by atoms with van der Waals surface area (Å²) in [4.78, 5) is 13.9. The fraction of sp³-hybridized carbons (Fsp3) is 0.667. The predicted octanol–water partition coefficient (Wildman–Crippen LogP) is 3.79. The first-order valence-electron chi connectivity index (χ1n) is 7.51. The summed E-state index contributed by atoms with van der Waals surface area (Å²) in [7, 11) is 0. The zero-order valence-electron chi connectivity index (χ0n) is 13.2. The fourth-order valence-electron chi connectivity index (χ4n) is 2.28. The fourth-order valence-corrected chi connectivity index (χ4v) is 4.27. The molecule has 1 aromatic heterocycles. The lowest BCUT2D eigenvalue weighted by Crippen LogP contribution is -2.25. The Morgan fingerprint density at radius 3 is 2.62 bits per heavy atom. The zero-order valence-corrected chi connectivity index (χ0v) is 14.8. The Morgan fingerprint density at radius 2 is 2.14 bits per heavy atom. The monoisotopic (exact) mass is 327 g/mol. The highest BCUT2D eigenvalue weighted by molar-refractivity contribution is 7.99. The van der Waals surface area contributed by atoms with Gasteiger partial charge in [-0.3, -0.25) is 4.79 Å². The van der Waals surface area contributed by atoms with Gasteiger partial charge >= 0.3 is 0 Å². The van der Waals surface area contributed by atoms with Crippen molar-refractivity contribution in [1.82, 2.24) is 5.32 Å². The number of thiophene rings is 1. The van der Waals surface area contributed by atoms with Gasteiger partial charge in [0.05, 0.1) is 10.6 Å². The van der Waals surface area contributed by atoms with Crippen LogP contribution in [0.3, 0.4) is 0 Å². The van der Waals surface area contributed by atoms with Crippen molar-refractivity contribution >= 4 is 39.7 Å². The molecule has 1 heterocycles. The Bertz CT molecular complexity index is 509. The molecule has 1 aliphatic carbocycles. The van der Waals surface area contributed by atoms with E-state index in [-0.39, 0.29) is 5.91 Å². The second kappa shape index (κ2) is 6.92. The summed E-state index contributed by atoms with van der Waals surface area (Å²) in [5.41, 5.74) is 6.81. The minimum Gasteiger partial charge on any atom is -0.396 e. The van der Waals surface area contributed by atoms with Gasteiger partial charge in [-0.05, 0) is 31.4 Å². The van der Waals surface area contributed by atoms with Crippen molar-refractivity contribution in [3.8, 4) is 0 Å². The lowest BCUT2D eigenvalue weighted by Gasteiger charge is -2.21. The normalized spacial score (nSPS) is 16.0. The van der Waals surface area contributed by atoms with Gasteiger partial charge in [-0.15, -0.1) is 23.1 Å². The van der Waals surface area contributed by atoms with Crippen molar-refractivity contribution in [3.05, 3.63) is 4.88 Å². The van der Waals surface area contributed by atoms with Crippen molar-refractivity contribution in [2.75, 3.05) is 17.3 Å². The van der Waals surface area contributed by atoms with E-state index in [1.54, 1.807) is 11.8 Å². The molecular weight excluding hydrogens is 302 g/mol. The standard InChI is InChI=1S/C15H25N3OS2/c1-5-10(8(2)3)18-15-13(20-4)11(16)12(21-15)14(19)17-9-6-7-9/h8-10,18H,5-7,16H2,1-4H3,(H,17,19). The predicted molar refractivity (Wildman–Crippen MR) is 93.5 cm³/mol. The molecule has 1 amide bonds. The number of anilines is 2. The average molecular weight is 328 g/mol. The van der Waals surface area contributed by atoms with Gasteiger partial charge in [0.1, 0.15) is 9.88 Å². The number of thioether (sulfide) groups is 1. The maximum atomic E-state index is 12.3. The van der Waals surface area contributed by atoms with Crippen molar-refractivity contribution in [2.24, 2.45) is 5.92 Å². The van der Waals surface area contributed by atoms with E-state index in [1.807, 2.05) is 6.26 Å². The number of nitrogens with one attached hydrogen (secondary N) is 2. The molecule has 0 radical (unpaired) electrons. The van der Waals surface area contributed by atoms with Crippen LogP contribution in [0.4, 0.5) is 10.7 Å². The number of rotatable bonds is 7. The van der Waals surface area contributed by atoms with E-state index in [0.717, 1.165) is 29.2 Å². The third kappa shape index (κ3) is 3.86. The van der Waals surface area contributed by atoms with Crippen LogP contribution in [0.2, 0.25) is 0 Å². The second-order valence-electron chi connectivity index (χ2n) is 5.86. The maximum absolute atomic E-state index is 12.3. The van der Waals surface area contributed by atoms with Crippen molar-refractivity contribution in [1.29, 1.82) is 0 Å². The van der Waals surface area contributed by atoms with Crippen LogP contribution in [0.15, 0.2) is 4.90 Å². The topological polar surface area (TPSA) is 67.2 Å². The molecule has 1 fully saturated rings. The molecule has 0 saturated heterocycles. The van der Waals surface area contributed by atoms with E-state index < -0.39 is 0 Å². The summed E-state index contributed by atoms with van der Waals surface area (Å²) >= 11 is 3.08. The molecule has 21 heavy (non-hydrogen) atoms. The number of hydrogen-bond acceptors (Lipinski definition) is 5. The Labute approximate surface area is 135 Å². The van der Waals surface area contributed by atoms with E-state index in [9.17, 15) is 4.79 Å². The van der Waals surface area contributed by atoms with E-state index in [4.69, 9.17) is 5.73 Å². The van der Waals surface area contributed by atoms with Crippen LogP contribution >= 0.6 is 23.1 Å². The number of amides is 1. The van der Waals surface area contributed by atoms with E-state index in [1.165, 1.54) is 11.3 Å². The largest absolute Gasteiger partial charge is 0.396 e. The SMILES string of the molecule is CCC(Nc1sc(C(=O)NC2CC2)c(N)c1SC)C(C)C. The van der Waals surface area contributed by atoms with Gasteiger partial charge in [-0.25, -0.2) is 0 Å². The highest BCUT2D eigenvalue weighted by atomic mass is 32.2. The number of nitrogens with two attached hydrogens (primary N) is 1. The van der Waals surface area contributed by atoms with Crippen LogP contribution in [0.25, 0.3) is 0 Å². The van der Waals surface area contributed by atoms with Gasteiger partial charge in [0.15, 0.2) is 0 Å². The molecule has 4 N–H and O–H groups in total. The van der Waals surface area contributed by atoms with Crippen molar-refractivity contribution in [2.45, 2.75) is 57.0 Å². The first-order valence-corrected chi connectivity index (χ1v) is 9.55. The van der Waals surface area contributed by atoms with Crippen LogP contribution in [0.5, 0.6) is 0 Å². The van der Waals surface area contributed by atoms with E-state index in [2.05, 4.69) is 31.4 Å². The van der Waals surface area contributed by atoms with Crippen LogP contribution in [0, 0.1) is 5.92 Å². The Hall–Kier alpha value is -0.880. The van der Waals surface area contributed by atoms with Gasteiger partial charge in [0, 0.05) is 12.1 Å². The molecule has 6 heteroatoms. The molecule has 1 unspecified atom stereocenters. The molecule has 118 valence electrons. The molecule has 0 aliphatic heterocycles. The van der Waals surface area contributed by atoms with Crippen LogP contribution in [-0.2, 0) is 0 Å². The highest BCUT2D eigenvalue weighted by Gasteiger charge is 2.28. The number of carbonyl (C=O) groups is 1. The second-order valence-corrected chi connectivity index (χ2v) is 7.70. The van der Waals surface area contributed by atoms with Gasteiger partial charge in [-0.2, -0.15) is 0 Å². The molecule has 0 spiro atoms. The molecule has 0 bridgehead atoms. The van der Waals surface area contributed by atoms with Crippen LogP contribution in [-0.4, -0.2) is 24.2 Å². The lowest BCUT2D eigenvalue weighted by molar-refractivity contribution is 0.0956. The average Bonchev–Trinajstić information content (AvgIpc) is 3.18. The zero-order chi connectivity index (χ0) is 15.6. The first-order chi connectivity index (χ1) is 9.97. The molecule has 2 rings (SSSR count). The third-order valence-electron chi connectivity index (χ3n) is 3.78. The number of hydrogen-bond donors (Lipinski definition) is 3. The summed E-state index contributed by atoms with van der Waals surface area (Å²) in [5.74, 6) is 0.512. The molecule has 1 saturated carbocycles. The third-order valence-corrected chi connectivity index (χ3v) is 5.88. The smallest absolute Gasteiger partial charge is 0.263 e. The molecule has 1 aromatic rings. The molecule has 0 aromatic carbocycles. The highest BCUT2D eigenvalue weighted by Crippen LogP contribution is 2.42. The minimum atomic E-state index is -0.0269. The van der Waals surface area contributed by atoms with Gasteiger partial charge < -0.3 is 16.4 Å². The van der Waals surface area contributed by atoms with Gasteiger partial charge in [0.25, 0.3) is 5.91 Å². The Kier molecular flexibility index (Phi) is 5.43. The molecule has 4 nitrogen and oxygen atoms in total. The van der Waals surface area contributed by atoms with E-state index >= 15 is 0 Å². The number of carbonyl (C=O) groups excluding carboxylic acids is 1. The summed E-state index contributed by atoms with van der Waals surface area (Å²) < 4.78 is 0. The summed E-state index contributed by atoms with van der Waals surface area (Å²) in [6, 6.07) is 0.750. The van der Waals surface area contributed by atoms with Crippen LogP contribution < -0.4 is 16.4 Å². The van der Waals surface area contributed by atoms with Crippen molar-refractivity contribution in [3.63, 3.8) is 0 Å². The number of nitrogen functional groups attached to an aromatic ring is 1. The first kappa shape index (κ1) is 16.5. The van der Waals surface area contributed by atoms with Crippen LogP contribution in [0.1, 0.15) is 49.7 Å². The van der Waals surface area contributed by atoms with E-state index in [0.29, 0.717) is 28.6 Å². The quantitative estimate of drug-likeness (QED) is 0.667. The Morgan fingerprint density at radius 1 is 1.48 bits per heavy atom. The van der Waals surface area contributed by atoms with Crippen molar-refractivity contribution < 1.29 is 4.79 Å². The maximum Gasteiger partial charge on any atom is 0.263 e. The van der Waals surface area contributed by atoms with Gasteiger partial charge in [-0.1, -0.05) is 20.8 Å². The molecular formula is C15H25N3OS2. The minimum absolute atomic E-state index is 0.0269. The summed E-state index contributed by atoms with van der Waals surface area (Å²) in [5, 5.41) is 7.62. The lowest BCUT2D eigenvalue weighted by atomic mass is 10.0. The molecule has 1 aliphatic rings.